The lowest BCUT2D eigenvalue weighted by Gasteiger charge is -2.13. The van der Waals surface area contributed by atoms with Crippen LogP contribution in [0, 0.1) is 0 Å². The summed E-state index contributed by atoms with van der Waals surface area (Å²) >= 11 is 6.00. The summed E-state index contributed by atoms with van der Waals surface area (Å²) in [6.07, 6.45) is -0.156. The molecule has 3 rings (SSSR count). The third-order valence-electron chi connectivity index (χ3n) is 3.71. The maximum absolute atomic E-state index is 6.00. The van der Waals surface area contributed by atoms with E-state index in [2.05, 4.69) is 35.9 Å². The summed E-state index contributed by atoms with van der Waals surface area (Å²) in [5.74, 6) is 2.16. The number of fused-ring (bicyclic) bond motifs is 1. The number of halogens is 1. The van der Waals surface area contributed by atoms with Gasteiger partial charge in [0.1, 0.15) is 11.6 Å². The molecule has 3 nitrogen and oxygen atoms in total. The Labute approximate surface area is 135 Å². The first-order valence-electron chi connectivity index (χ1n) is 7.44. The van der Waals surface area contributed by atoms with Gasteiger partial charge in [-0.1, -0.05) is 37.6 Å². The minimum absolute atomic E-state index is 0.156. The van der Waals surface area contributed by atoms with Gasteiger partial charge >= 0.3 is 0 Å². The molecular formula is C18H19ClN2O. The molecule has 0 aliphatic rings. The van der Waals surface area contributed by atoms with Gasteiger partial charge in [0.05, 0.1) is 11.0 Å². The molecule has 0 aliphatic carbocycles. The van der Waals surface area contributed by atoms with E-state index in [1.165, 1.54) is 5.56 Å². The molecule has 1 heterocycles. The van der Waals surface area contributed by atoms with E-state index in [-0.39, 0.29) is 6.10 Å². The van der Waals surface area contributed by atoms with Crippen LogP contribution in [0.2, 0.25) is 5.02 Å². The van der Waals surface area contributed by atoms with Crippen molar-refractivity contribution in [2.45, 2.75) is 32.8 Å². The Morgan fingerprint density at radius 2 is 1.77 bits per heavy atom. The predicted molar refractivity (Wildman–Crippen MR) is 90.7 cm³/mol. The van der Waals surface area contributed by atoms with Crippen molar-refractivity contribution < 1.29 is 4.74 Å². The summed E-state index contributed by atoms with van der Waals surface area (Å²) in [6, 6.07) is 13.8. The van der Waals surface area contributed by atoms with E-state index < -0.39 is 0 Å². The molecule has 0 amide bonds. The zero-order valence-electron chi connectivity index (χ0n) is 12.9. The highest BCUT2D eigenvalue weighted by Gasteiger charge is 2.13. The highest BCUT2D eigenvalue weighted by Crippen LogP contribution is 2.25. The highest BCUT2D eigenvalue weighted by atomic mass is 35.5. The Balaban J connectivity index is 1.78. The number of aromatic amines is 1. The summed E-state index contributed by atoms with van der Waals surface area (Å²) in [5, 5.41) is 0.695. The van der Waals surface area contributed by atoms with Crippen LogP contribution >= 0.6 is 11.6 Å². The number of rotatable bonds is 4. The molecule has 2 aromatic carbocycles. The molecule has 1 atom stereocenters. The summed E-state index contributed by atoms with van der Waals surface area (Å²) in [4.78, 5) is 7.82. The average molecular weight is 315 g/mol. The van der Waals surface area contributed by atoms with Gasteiger partial charge in [-0.3, -0.25) is 0 Å². The molecule has 0 saturated carbocycles. The number of benzene rings is 2. The summed E-state index contributed by atoms with van der Waals surface area (Å²) in [7, 11) is 0. The first-order chi connectivity index (χ1) is 10.5. The van der Waals surface area contributed by atoms with Gasteiger partial charge in [-0.2, -0.15) is 0 Å². The van der Waals surface area contributed by atoms with Crippen molar-refractivity contribution in [3.8, 4) is 5.75 Å². The molecule has 4 heteroatoms. The maximum atomic E-state index is 6.00. The molecule has 1 unspecified atom stereocenters. The molecule has 1 aromatic heterocycles. The fourth-order valence-corrected chi connectivity index (χ4v) is 2.56. The molecule has 1 N–H and O–H groups in total. The minimum atomic E-state index is -0.156. The third-order valence-corrected chi connectivity index (χ3v) is 3.94. The van der Waals surface area contributed by atoms with Crippen LogP contribution < -0.4 is 4.74 Å². The highest BCUT2D eigenvalue weighted by molar-refractivity contribution is 6.31. The number of hydrogen-bond acceptors (Lipinski definition) is 2. The van der Waals surface area contributed by atoms with E-state index in [0.29, 0.717) is 10.9 Å². The Bertz CT molecular complexity index is 777. The first kappa shape index (κ1) is 14.9. The zero-order valence-corrected chi connectivity index (χ0v) is 13.7. The van der Waals surface area contributed by atoms with Gasteiger partial charge in [-0.05, 0) is 48.7 Å². The molecule has 0 fully saturated rings. The Morgan fingerprint density at radius 1 is 1.05 bits per heavy atom. The van der Waals surface area contributed by atoms with E-state index >= 15 is 0 Å². The number of ether oxygens (including phenoxy) is 1. The van der Waals surface area contributed by atoms with E-state index in [4.69, 9.17) is 16.3 Å². The van der Waals surface area contributed by atoms with Crippen molar-refractivity contribution in [2.24, 2.45) is 0 Å². The normalized spacial score (nSPS) is 12.8. The van der Waals surface area contributed by atoms with E-state index in [1.54, 1.807) is 0 Å². The average Bonchev–Trinajstić information content (AvgIpc) is 2.91. The van der Waals surface area contributed by atoms with Crippen LogP contribution in [0.3, 0.4) is 0 Å². The Morgan fingerprint density at radius 3 is 2.45 bits per heavy atom. The topological polar surface area (TPSA) is 37.9 Å². The Kier molecular flexibility index (Phi) is 4.08. The Hall–Kier alpha value is -2.00. The van der Waals surface area contributed by atoms with Gasteiger partial charge in [0.15, 0.2) is 6.10 Å². The largest absolute Gasteiger partial charge is 0.483 e. The lowest BCUT2D eigenvalue weighted by Crippen LogP contribution is -2.05. The van der Waals surface area contributed by atoms with E-state index in [0.717, 1.165) is 22.6 Å². The SMILES string of the molecule is CC(C)c1ccc(OC(C)c2nc3ccc(Cl)cc3[nH]2)cc1. The number of imidazole rings is 1. The van der Waals surface area contributed by atoms with Crippen molar-refractivity contribution in [3.05, 3.63) is 58.9 Å². The number of aromatic nitrogens is 2. The number of H-pyrrole nitrogens is 1. The van der Waals surface area contributed by atoms with Gasteiger partial charge < -0.3 is 9.72 Å². The molecule has 0 aliphatic heterocycles. The second-order valence-electron chi connectivity index (χ2n) is 5.77. The number of nitrogens with zero attached hydrogens (tertiary/aromatic N) is 1. The van der Waals surface area contributed by atoms with Crippen molar-refractivity contribution in [1.82, 2.24) is 9.97 Å². The van der Waals surface area contributed by atoms with Crippen molar-refractivity contribution in [3.63, 3.8) is 0 Å². The zero-order chi connectivity index (χ0) is 15.7. The standard InChI is InChI=1S/C18H19ClN2O/c1-11(2)13-4-7-15(8-5-13)22-12(3)18-20-16-9-6-14(19)10-17(16)21-18/h4-12H,1-3H3,(H,20,21). The van der Waals surface area contributed by atoms with Crippen LogP contribution in [-0.4, -0.2) is 9.97 Å². The fourth-order valence-electron chi connectivity index (χ4n) is 2.39. The predicted octanol–water partition coefficient (Wildman–Crippen LogP) is 5.48. The molecule has 0 spiro atoms. The minimum Gasteiger partial charge on any atom is -0.483 e. The smallest absolute Gasteiger partial charge is 0.153 e. The first-order valence-corrected chi connectivity index (χ1v) is 7.82. The monoisotopic (exact) mass is 314 g/mol. The quantitative estimate of drug-likeness (QED) is 0.692. The number of nitrogens with one attached hydrogen (secondary N) is 1. The molecule has 0 radical (unpaired) electrons. The van der Waals surface area contributed by atoms with E-state index in [9.17, 15) is 0 Å². The van der Waals surface area contributed by atoms with Crippen molar-refractivity contribution >= 4 is 22.6 Å². The summed E-state index contributed by atoms with van der Waals surface area (Å²) < 4.78 is 5.97. The lowest BCUT2D eigenvalue weighted by molar-refractivity contribution is 0.218. The van der Waals surface area contributed by atoms with Gasteiger partial charge in [0.25, 0.3) is 0 Å². The van der Waals surface area contributed by atoms with Gasteiger partial charge in [-0.25, -0.2) is 4.98 Å². The second kappa shape index (κ2) is 6.01. The van der Waals surface area contributed by atoms with Crippen LogP contribution in [0.5, 0.6) is 5.75 Å². The van der Waals surface area contributed by atoms with Gasteiger partial charge in [0.2, 0.25) is 0 Å². The van der Waals surface area contributed by atoms with Gasteiger partial charge in [-0.15, -0.1) is 0 Å². The molecular weight excluding hydrogens is 296 g/mol. The van der Waals surface area contributed by atoms with Crippen LogP contribution in [0.4, 0.5) is 0 Å². The van der Waals surface area contributed by atoms with Crippen molar-refractivity contribution in [2.75, 3.05) is 0 Å². The number of hydrogen-bond donors (Lipinski definition) is 1. The van der Waals surface area contributed by atoms with Crippen LogP contribution in [-0.2, 0) is 0 Å². The summed E-state index contributed by atoms with van der Waals surface area (Å²) in [6.45, 7) is 6.34. The van der Waals surface area contributed by atoms with Crippen LogP contribution in [0.1, 0.15) is 44.2 Å². The van der Waals surface area contributed by atoms with Gasteiger partial charge in [0, 0.05) is 5.02 Å². The molecule has 114 valence electrons. The molecule has 0 saturated heterocycles. The van der Waals surface area contributed by atoms with Crippen LogP contribution in [0.25, 0.3) is 11.0 Å². The van der Waals surface area contributed by atoms with Crippen LogP contribution in [0.15, 0.2) is 42.5 Å². The van der Waals surface area contributed by atoms with Crippen molar-refractivity contribution in [1.29, 1.82) is 0 Å². The molecule has 3 aromatic rings. The maximum Gasteiger partial charge on any atom is 0.153 e. The molecule has 0 bridgehead atoms. The summed E-state index contributed by atoms with van der Waals surface area (Å²) in [5.41, 5.74) is 3.12. The van der Waals surface area contributed by atoms with E-state index in [1.807, 2.05) is 37.3 Å². The third kappa shape index (κ3) is 3.09. The molecule has 22 heavy (non-hydrogen) atoms. The second-order valence-corrected chi connectivity index (χ2v) is 6.20. The fraction of sp³-hybridized carbons (Fsp3) is 0.278. The lowest BCUT2D eigenvalue weighted by atomic mass is 10.0.